The van der Waals surface area contributed by atoms with Gasteiger partial charge in [-0.3, -0.25) is 4.79 Å². The first-order valence-electron chi connectivity index (χ1n) is 6.90. The maximum Gasteiger partial charge on any atom is 0.254 e. The topological polar surface area (TPSA) is 23.6 Å². The minimum atomic E-state index is 0.103. The SMILES string of the molecule is CN(C)CC1CCN(C(=O)c2ccc(Br)cc2S)CC1. The van der Waals surface area contributed by atoms with Crippen molar-refractivity contribution in [2.75, 3.05) is 33.7 Å². The second kappa shape index (κ2) is 6.96. The molecule has 0 unspecified atom stereocenters. The summed E-state index contributed by atoms with van der Waals surface area (Å²) in [6.45, 7) is 2.80. The fraction of sp³-hybridized carbons (Fsp3) is 0.533. The monoisotopic (exact) mass is 356 g/mol. The molecule has 1 aliphatic rings. The fourth-order valence-electron chi connectivity index (χ4n) is 2.69. The van der Waals surface area contributed by atoms with Gasteiger partial charge in [0.15, 0.2) is 0 Å². The number of amides is 1. The second-order valence-corrected chi connectivity index (χ2v) is 7.06. The molecule has 0 N–H and O–H groups in total. The Hall–Kier alpha value is -0.520. The van der Waals surface area contributed by atoms with Gasteiger partial charge in [0.1, 0.15) is 0 Å². The van der Waals surface area contributed by atoms with Crippen molar-refractivity contribution in [1.82, 2.24) is 9.80 Å². The number of nitrogens with zero attached hydrogens (tertiary/aromatic N) is 2. The molecular formula is C15H21BrN2OS. The van der Waals surface area contributed by atoms with E-state index in [1.54, 1.807) is 0 Å². The van der Waals surface area contributed by atoms with Gasteiger partial charge in [-0.05, 0) is 51.1 Å². The zero-order chi connectivity index (χ0) is 14.7. The van der Waals surface area contributed by atoms with Crippen LogP contribution >= 0.6 is 28.6 Å². The highest BCUT2D eigenvalue weighted by atomic mass is 79.9. The lowest BCUT2D eigenvalue weighted by molar-refractivity contribution is 0.0674. The molecule has 1 fully saturated rings. The first kappa shape index (κ1) is 15.9. The highest BCUT2D eigenvalue weighted by Gasteiger charge is 2.24. The number of piperidine rings is 1. The first-order valence-corrected chi connectivity index (χ1v) is 8.14. The molecule has 0 spiro atoms. The van der Waals surface area contributed by atoms with Crippen LogP contribution in [0.2, 0.25) is 0 Å². The third-order valence-corrected chi connectivity index (χ3v) is 4.58. The molecule has 0 bridgehead atoms. The van der Waals surface area contributed by atoms with Crippen molar-refractivity contribution in [1.29, 1.82) is 0 Å². The summed E-state index contributed by atoms with van der Waals surface area (Å²) in [4.78, 5) is 17.4. The van der Waals surface area contributed by atoms with Gasteiger partial charge in [0.2, 0.25) is 0 Å². The van der Waals surface area contributed by atoms with Crippen molar-refractivity contribution >= 4 is 34.5 Å². The number of rotatable bonds is 3. The number of benzene rings is 1. The number of carbonyl (C=O) groups excluding carboxylic acids is 1. The third-order valence-electron chi connectivity index (χ3n) is 3.72. The van der Waals surface area contributed by atoms with E-state index in [0.717, 1.165) is 41.8 Å². The Labute approximate surface area is 134 Å². The van der Waals surface area contributed by atoms with E-state index in [2.05, 4.69) is 47.6 Å². The predicted molar refractivity (Wildman–Crippen MR) is 88.6 cm³/mol. The van der Waals surface area contributed by atoms with Gasteiger partial charge in [0, 0.05) is 29.0 Å². The van der Waals surface area contributed by atoms with Crippen molar-refractivity contribution in [2.24, 2.45) is 5.92 Å². The number of hydrogen-bond acceptors (Lipinski definition) is 3. The lowest BCUT2D eigenvalue weighted by Gasteiger charge is -2.33. The summed E-state index contributed by atoms with van der Waals surface area (Å²) in [5.74, 6) is 0.806. The van der Waals surface area contributed by atoms with E-state index < -0.39 is 0 Å². The van der Waals surface area contributed by atoms with Crippen molar-refractivity contribution in [3.05, 3.63) is 28.2 Å². The molecule has 5 heteroatoms. The summed E-state index contributed by atoms with van der Waals surface area (Å²) in [5.41, 5.74) is 0.697. The van der Waals surface area contributed by atoms with Crippen LogP contribution in [0.4, 0.5) is 0 Å². The minimum Gasteiger partial charge on any atom is -0.339 e. The molecule has 110 valence electrons. The van der Waals surface area contributed by atoms with Crippen LogP contribution in [0, 0.1) is 5.92 Å². The highest BCUT2D eigenvalue weighted by Crippen LogP contribution is 2.24. The number of hydrogen-bond donors (Lipinski definition) is 1. The molecule has 0 atom stereocenters. The van der Waals surface area contributed by atoms with Crippen molar-refractivity contribution in [3.8, 4) is 0 Å². The van der Waals surface area contributed by atoms with E-state index in [4.69, 9.17) is 0 Å². The van der Waals surface area contributed by atoms with Gasteiger partial charge in [-0.1, -0.05) is 15.9 Å². The van der Waals surface area contributed by atoms with Gasteiger partial charge in [0.25, 0.3) is 5.91 Å². The fourth-order valence-corrected chi connectivity index (χ4v) is 3.54. The lowest BCUT2D eigenvalue weighted by atomic mass is 9.96. The van der Waals surface area contributed by atoms with Crippen LogP contribution in [0.25, 0.3) is 0 Å². The molecule has 1 amide bonds. The highest BCUT2D eigenvalue weighted by molar-refractivity contribution is 9.10. The van der Waals surface area contributed by atoms with Crippen molar-refractivity contribution < 1.29 is 4.79 Å². The number of likely N-dealkylation sites (tertiary alicyclic amines) is 1. The normalized spacial score (nSPS) is 16.8. The molecule has 3 nitrogen and oxygen atoms in total. The number of thiol groups is 1. The zero-order valence-corrected chi connectivity index (χ0v) is 14.5. The Morgan fingerprint density at radius 1 is 1.40 bits per heavy atom. The molecule has 0 saturated carbocycles. The molecule has 2 rings (SSSR count). The van der Waals surface area contributed by atoms with E-state index in [0.29, 0.717) is 11.5 Å². The Morgan fingerprint density at radius 3 is 2.60 bits per heavy atom. The minimum absolute atomic E-state index is 0.103. The molecule has 1 aromatic carbocycles. The second-order valence-electron chi connectivity index (χ2n) is 5.66. The molecule has 1 aromatic rings. The van der Waals surface area contributed by atoms with Gasteiger partial charge in [0.05, 0.1) is 5.56 Å². The molecule has 0 aliphatic carbocycles. The Bertz CT molecular complexity index is 485. The van der Waals surface area contributed by atoms with Gasteiger partial charge in [-0.2, -0.15) is 0 Å². The summed E-state index contributed by atoms with van der Waals surface area (Å²) in [6.07, 6.45) is 2.17. The maximum absolute atomic E-state index is 12.5. The molecule has 1 heterocycles. The van der Waals surface area contributed by atoms with Crippen molar-refractivity contribution in [2.45, 2.75) is 17.7 Å². The molecular weight excluding hydrogens is 336 g/mol. The quantitative estimate of drug-likeness (QED) is 0.841. The average Bonchev–Trinajstić information content (AvgIpc) is 2.38. The molecule has 1 saturated heterocycles. The maximum atomic E-state index is 12.5. The van der Waals surface area contributed by atoms with Crippen molar-refractivity contribution in [3.63, 3.8) is 0 Å². The summed E-state index contributed by atoms with van der Waals surface area (Å²) < 4.78 is 0.948. The largest absolute Gasteiger partial charge is 0.339 e. The van der Waals surface area contributed by atoms with E-state index in [1.807, 2.05) is 23.1 Å². The first-order chi connectivity index (χ1) is 9.47. The smallest absolute Gasteiger partial charge is 0.254 e. The average molecular weight is 357 g/mol. The van der Waals surface area contributed by atoms with E-state index >= 15 is 0 Å². The third kappa shape index (κ3) is 3.99. The van der Waals surface area contributed by atoms with Crippen LogP contribution in [-0.4, -0.2) is 49.4 Å². The molecule has 1 aliphatic heterocycles. The number of carbonyl (C=O) groups is 1. The van der Waals surface area contributed by atoms with E-state index in [9.17, 15) is 4.79 Å². The van der Waals surface area contributed by atoms with Gasteiger partial charge in [-0.15, -0.1) is 12.6 Å². The Balaban J connectivity index is 1.98. The summed E-state index contributed by atoms with van der Waals surface area (Å²) in [6, 6.07) is 5.61. The van der Waals surface area contributed by atoms with Crippen LogP contribution in [0.1, 0.15) is 23.2 Å². The molecule has 20 heavy (non-hydrogen) atoms. The summed E-state index contributed by atoms with van der Waals surface area (Å²) >= 11 is 7.80. The number of halogens is 1. The predicted octanol–water partition coefficient (Wildman–Crippen LogP) is 3.15. The molecule has 0 aromatic heterocycles. The van der Waals surface area contributed by atoms with Gasteiger partial charge in [-0.25, -0.2) is 0 Å². The van der Waals surface area contributed by atoms with E-state index in [-0.39, 0.29) is 5.91 Å². The lowest BCUT2D eigenvalue weighted by Crippen LogP contribution is -2.40. The van der Waals surface area contributed by atoms with E-state index in [1.165, 1.54) is 0 Å². The van der Waals surface area contributed by atoms with Crippen LogP contribution in [0.5, 0.6) is 0 Å². The van der Waals surface area contributed by atoms with Gasteiger partial charge >= 0.3 is 0 Å². The van der Waals surface area contributed by atoms with Crippen LogP contribution in [0.3, 0.4) is 0 Å². The summed E-state index contributed by atoms with van der Waals surface area (Å²) in [5, 5.41) is 0. The Kier molecular flexibility index (Phi) is 5.52. The van der Waals surface area contributed by atoms with Crippen LogP contribution < -0.4 is 0 Å². The zero-order valence-electron chi connectivity index (χ0n) is 12.0. The summed E-state index contributed by atoms with van der Waals surface area (Å²) in [7, 11) is 4.21. The Morgan fingerprint density at radius 2 is 2.05 bits per heavy atom. The van der Waals surface area contributed by atoms with Crippen LogP contribution in [-0.2, 0) is 0 Å². The molecule has 0 radical (unpaired) electrons. The standard InChI is InChI=1S/C15H21BrN2OS/c1-17(2)10-11-5-7-18(8-6-11)15(19)13-4-3-12(16)9-14(13)20/h3-4,9,11,20H,5-8,10H2,1-2H3. The van der Waals surface area contributed by atoms with Crippen LogP contribution in [0.15, 0.2) is 27.6 Å². The van der Waals surface area contributed by atoms with Gasteiger partial charge < -0.3 is 9.80 Å².